The molecule has 0 radical (unpaired) electrons. The number of rotatable bonds is 8. The number of carbonyl (C=O) groups is 1. The summed E-state index contributed by atoms with van der Waals surface area (Å²) < 4.78 is 12.2. The SMILES string of the molecule is CCNC(=NCCS(=O)Cc1ccccc1)N(C)CC(=O)NC(C)(C)C.I. The maximum absolute atomic E-state index is 12.2. The molecule has 1 amide bonds. The number of halogens is 1. The van der Waals surface area contributed by atoms with Gasteiger partial charge in [-0.05, 0) is 33.3 Å². The Hall–Kier alpha value is -1.16. The van der Waals surface area contributed by atoms with Gasteiger partial charge < -0.3 is 15.5 Å². The Balaban J connectivity index is 0.00000676. The van der Waals surface area contributed by atoms with Crippen molar-refractivity contribution >= 4 is 46.6 Å². The van der Waals surface area contributed by atoms with Gasteiger partial charge in [0.05, 0.1) is 13.1 Å². The molecule has 0 saturated carbocycles. The smallest absolute Gasteiger partial charge is 0.240 e. The first-order chi connectivity index (χ1) is 12.2. The van der Waals surface area contributed by atoms with Gasteiger partial charge >= 0.3 is 0 Å². The van der Waals surface area contributed by atoms with Gasteiger partial charge in [0.25, 0.3) is 0 Å². The number of aliphatic imine (C=N–C) groups is 1. The highest BCUT2D eigenvalue weighted by atomic mass is 127. The van der Waals surface area contributed by atoms with Crippen molar-refractivity contribution in [3.8, 4) is 0 Å². The average molecular weight is 508 g/mol. The van der Waals surface area contributed by atoms with E-state index < -0.39 is 10.8 Å². The molecule has 1 aromatic carbocycles. The van der Waals surface area contributed by atoms with Crippen molar-refractivity contribution in [2.45, 2.75) is 39.0 Å². The van der Waals surface area contributed by atoms with Crippen molar-refractivity contribution in [2.24, 2.45) is 4.99 Å². The van der Waals surface area contributed by atoms with Crippen LogP contribution >= 0.6 is 24.0 Å². The number of amides is 1. The zero-order valence-corrected chi connectivity index (χ0v) is 20.1. The fourth-order valence-corrected chi connectivity index (χ4v) is 3.31. The third-order valence-electron chi connectivity index (χ3n) is 3.34. The topological polar surface area (TPSA) is 73.8 Å². The van der Waals surface area contributed by atoms with Gasteiger partial charge in [0.2, 0.25) is 5.91 Å². The minimum Gasteiger partial charge on any atom is -0.357 e. The molecule has 1 aromatic rings. The lowest BCUT2D eigenvalue weighted by atomic mass is 10.1. The highest BCUT2D eigenvalue weighted by Crippen LogP contribution is 2.03. The van der Waals surface area contributed by atoms with Gasteiger partial charge in [0, 0.05) is 41.4 Å². The Labute approximate surface area is 183 Å². The summed E-state index contributed by atoms with van der Waals surface area (Å²) >= 11 is 0. The quantitative estimate of drug-likeness (QED) is 0.321. The van der Waals surface area contributed by atoms with E-state index in [1.807, 2.05) is 65.1 Å². The standard InChI is InChI=1S/C19H32N4O2S.HI/c1-6-20-18(23(5)14-17(24)22-19(2,3)4)21-12-13-26(25)15-16-10-8-7-9-11-16;/h7-11H,6,12-15H2,1-5H3,(H,20,21)(H,22,24);1H. The second kappa shape index (κ2) is 13.1. The fourth-order valence-electron chi connectivity index (χ4n) is 2.30. The molecule has 0 spiro atoms. The summed E-state index contributed by atoms with van der Waals surface area (Å²) in [5.74, 6) is 1.62. The Morgan fingerprint density at radius 2 is 1.85 bits per heavy atom. The number of benzene rings is 1. The Kier molecular flexibility index (Phi) is 12.5. The normalized spacial score (nSPS) is 12.7. The third kappa shape index (κ3) is 12.0. The van der Waals surface area contributed by atoms with Crippen molar-refractivity contribution < 1.29 is 9.00 Å². The Morgan fingerprint density at radius 3 is 2.41 bits per heavy atom. The number of carbonyl (C=O) groups excluding carboxylic acids is 1. The summed E-state index contributed by atoms with van der Waals surface area (Å²) in [6.07, 6.45) is 0. The van der Waals surface area contributed by atoms with E-state index in [0.717, 1.165) is 5.56 Å². The van der Waals surface area contributed by atoms with Crippen LogP contribution < -0.4 is 10.6 Å². The molecule has 6 nitrogen and oxygen atoms in total. The van der Waals surface area contributed by atoms with Crippen LogP contribution in [0.2, 0.25) is 0 Å². The molecule has 0 aliphatic heterocycles. The molecule has 1 atom stereocenters. The molecule has 1 unspecified atom stereocenters. The van der Waals surface area contributed by atoms with Crippen molar-refractivity contribution in [3.63, 3.8) is 0 Å². The van der Waals surface area contributed by atoms with Crippen LogP contribution in [0.3, 0.4) is 0 Å². The lowest BCUT2D eigenvalue weighted by Gasteiger charge is -2.25. The van der Waals surface area contributed by atoms with Gasteiger partial charge in [-0.3, -0.25) is 14.0 Å². The van der Waals surface area contributed by atoms with Gasteiger partial charge in [-0.1, -0.05) is 30.3 Å². The fraction of sp³-hybridized carbons (Fsp3) is 0.579. The lowest BCUT2D eigenvalue weighted by molar-refractivity contribution is -0.122. The first kappa shape index (κ1) is 25.8. The van der Waals surface area contributed by atoms with Crippen molar-refractivity contribution in [3.05, 3.63) is 35.9 Å². The van der Waals surface area contributed by atoms with E-state index in [1.54, 1.807) is 4.90 Å². The number of nitrogens with zero attached hydrogens (tertiary/aromatic N) is 2. The molecule has 0 heterocycles. The van der Waals surface area contributed by atoms with Gasteiger partial charge in [-0.25, -0.2) is 0 Å². The van der Waals surface area contributed by atoms with E-state index in [9.17, 15) is 9.00 Å². The second-order valence-electron chi connectivity index (χ2n) is 7.16. The maximum atomic E-state index is 12.2. The first-order valence-corrected chi connectivity index (χ1v) is 10.4. The second-order valence-corrected chi connectivity index (χ2v) is 8.74. The van der Waals surface area contributed by atoms with Crippen molar-refractivity contribution in [2.75, 3.05) is 32.4 Å². The average Bonchev–Trinajstić information content (AvgIpc) is 2.53. The van der Waals surface area contributed by atoms with Crippen LogP contribution in [0.15, 0.2) is 35.3 Å². The minimum atomic E-state index is -0.961. The Morgan fingerprint density at radius 1 is 1.22 bits per heavy atom. The monoisotopic (exact) mass is 508 g/mol. The molecule has 0 bridgehead atoms. The number of guanidine groups is 1. The van der Waals surface area contributed by atoms with Crippen LogP contribution in [-0.2, 0) is 21.3 Å². The Bertz CT molecular complexity index is 618. The van der Waals surface area contributed by atoms with E-state index in [2.05, 4.69) is 15.6 Å². The van der Waals surface area contributed by atoms with Crippen LogP contribution in [0, 0.1) is 0 Å². The van der Waals surface area contributed by atoms with E-state index in [1.165, 1.54) is 0 Å². The highest BCUT2D eigenvalue weighted by molar-refractivity contribution is 14.0. The van der Waals surface area contributed by atoms with Gasteiger partial charge in [0.1, 0.15) is 0 Å². The zero-order valence-electron chi connectivity index (χ0n) is 16.9. The van der Waals surface area contributed by atoms with Crippen LogP contribution in [-0.4, -0.2) is 58.9 Å². The highest BCUT2D eigenvalue weighted by Gasteiger charge is 2.16. The minimum absolute atomic E-state index is 0. The number of nitrogens with one attached hydrogen (secondary N) is 2. The summed E-state index contributed by atoms with van der Waals surface area (Å²) in [7, 11) is 0.863. The van der Waals surface area contributed by atoms with Gasteiger partial charge in [-0.15, -0.1) is 24.0 Å². The molecule has 0 aromatic heterocycles. The van der Waals surface area contributed by atoms with Crippen molar-refractivity contribution in [1.29, 1.82) is 0 Å². The van der Waals surface area contributed by atoms with Crippen LogP contribution in [0.5, 0.6) is 0 Å². The zero-order chi connectivity index (χ0) is 19.6. The number of hydrogen-bond donors (Lipinski definition) is 2. The largest absolute Gasteiger partial charge is 0.357 e. The van der Waals surface area contributed by atoms with Crippen molar-refractivity contribution in [1.82, 2.24) is 15.5 Å². The maximum Gasteiger partial charge on any atom is 0.240 e. The first-order valence-electron chi connectivity index (χ1n) is 8.90. The van der Waals surface area contributed by atoms with E-state index in [0.29, 0.717) is 30.6 Å². The summed E-state index contributed by atoms with van der Waals surface area (Å²) in [5.41, 5.74) is 0.805. The van der Waals surface area contributed by atoms with Crippen LogP contribution in [0.4, 0.5) is 0 Å². The van der Waals surface area contributed by atoms with E-state index in [-0.39, 0.29) is 42.0 Å². The van der Waals surface area contributed by atoms with Gasteiger partial charge in [0.15, 0.2) is 5.96 Å². The predicted molar refractivity (Wildman–Crippen MR) is 125 cm³/mol. The summed E-state index contributed by atoms with van der Waals surface area (Å²) in [6.45, 7) is 9.21. The summed E-state index contributed by atoms with van der Waals surface area (Å²) in [5, 5.41) is 6.11. The molecule has 0 fully saturated rings. The lowest BCUT2D eigenvalue weighted by Crippen LogP contribution is -2.48. The third-order valence-corrected chi connectivity index (χ3v) is 4.64. The molecule has 27 heavy (non-hydrogen) atoms. The molecule has 0 aliphatic carbocycles. The number of likely N-dealkylation sites (N-methyl/N-ethyl adjacent to an activating group) is 1. The van der Waals surface area contributed by atoms with Crippen LogP contribution in [0.1, 0.15) is 33.3 Å². The number of hydrogen-bond acceptors (Lipinski definition) is 3. The molecule has 8 heteroatoms. The predicted octanol–water partition coefficient (Wildman–Crippen LogP) is 2.37. The van der Waals surface area contributed by atoms with E-state index in [4.69, 9.17) is 0 Å². The summed E-state index contributed by atoms with van der Waals surface area (Å²) in [6, 6.07) is 9.81. The van der Waals surface area contributed by atoms with E-state index >= 15 is 0 Å². The molecular formula is C19H33IN4O2S. The molecule has 0 saturated heterocycles. The van der Waals surface area contributed by atoms with Crippen LogP contribution in [0.25, 0.3) is 0 Å². The molecular weight excluding hydrogens is 475 g/mol. The molecule has 1 rings (SSSR count). The molecule has 2 N–H and O–H groups in total. The molecule has 0 aliphatic rings. The molecule has 154 valence electrons. The van der Waals surface area contributed by atoms with Gasteiger partial charge in [-0.2, -0.15) is 0 Å². The summed E-state index contributed by atoms with van der Waals surface area (Å²) in [4.78, 5) is 18.4.